The van der Waals surface area contributed by atoms with Crippen molar-refractivity contribution in [1.29, 1.82) is 0 Å². The second-order valence-corrected chi connectivity index (χ2v) is 5.67. The second kappa shape index (κ2) is 6.94. The van der Waals surface area contributed by atoms with E-state index in [0.717, 1.165) is 4.80 Å². The number of hydrogen-bond acceptors (Lipinski definition) is 4. The molecule has 0 saturated carbocycles. The summed E-state index contributed by atoms with van der Waals surface area (Å²) in [5.74, 6) is -0.562. The van der Waals surface area contributed by atoms with Crippen molar-refractivity contribution < 1.29 is 9.18 Å². The first kappa shape index (κ1) is 16.4. The maximum absolute atomic E-state index is 13.2. The number of carbonyl (C=O) groups excluding carboxylic acids is 1. The summed E-state index contributed by atoms with van der Waals surface area (Å²) in [5.41, 5.74) is 0.902. The lowest BCUT2D eigenvalue weighted by Gasteiger charge is -2.06. The third-order valence-electron chi connectivity index (χ3n) is 3.03. The zero-order chi connectivity index (χ0) is 17.1. The number of aromatic nitrogens is 4. The number of rotatable bonds is 4. The fraction of sp³-hybridized carbons (Fsp3) is 0.0667. The van der Waals surface area contributed by atoms with Crippen LogP contribution in [-0.4, -0.2) is 26.1 Å². The lowest BCUT2D eigenvalue weighted by atomic mass is 10.2. The molecule has 1 N–H and O–H groups in total. The van der Waals surface area contributed by atoms with Gasteiger partial charge in [0.2, 0.25) is 11.7 Å². The summed E-state index contributed by atoms with van der Waals surface area (Å²) in [6, 6.07) is 10.5. The van der Waals surface area contributed by atoms with Crippen molar-refractivity contribution in [3.8, 4) is 11.4 Å². The number of anilines is 1. The van der Waals surface area contributed by atoms with Gasteiger partial charge in [0.15, 0.2) is 0 Å². The van der Waals surface area contributed by atoms with Gasteiger partial charge in [-0.05, 0) is 35.5 Å². The molecule has 1 amide bonds. The van der Waals surface area contributed by atoms with Crippen LogP contribution in [0.1, 0.15) is 0 Å². The summed E-state index contributed by atoms with van der Waals surface area (Å²) in [4.78, 5) is 13.1. The van der Waals surface area contributed by atoms with Gasteiger partial charge >= 0.3 is 0 Å². The van der Waals surface area contributed by atoms with Gasteiger partial charge in [-0.2, -0.15) is 4.80 Å². The first-order valence-corrected chi connectivity index (χ1v) is 7.55. The predicted molar refractivity (Wildman–Crippen MR) is 88.3 cm³/mol. The minimum Gasteiger partial charge on any atom is -0.323 e. The summed E-state index contributed by atoms with van der Waals surface area (Å²) in [7, 11) is 0. The molecule has 3 rings (SSSR count). The molecule has 0 radical (unpaired) electrons. The maximum Gasteiger partial charge on any atom is 0.248 e. The number of halogens is 3. The van der Waals surface area contributed by atoms with Crippen molar-refractivity contribution in [3.05, 3.63) is 58.3 Å². The van der Waals surface area contributed by atoms with Gasteiger partial charge in [-0.1, -0.05) is 35.3 Å². The molecule has 24 heavy (non-hydrogen) atoms. The third kappa shape index (κ3) is 3.87. The van der Waals surface area contributed by atoms with Crippen molar-refractivity contribution in [3.63, 3.8) is 0 Å². The molecule has 0 saturated heterocycles. The van der Waals surface area contributed by atoms with E-state index in [1.54, 1.807) is 24.3 Å². The zero-order valence-electron chi connectivity index (χ0n) is 12.1. The van der Waals surface area contributed by atoms with Crippen molar-refractivity contribution in [2.45, 2.75) is 6.54 Å². The van der Waals surface area contributed by atoms with Crippen molar-refractivity contribution >= 4 is 34.8 Å². The predicted octanol–water partition coefficient (Wildman–Crippen LogP) is 3.42. The van der Waals surface area contributed by atoms with Crippen molar-refractivity contribution in [2.24, 2.45) is 0 Å². The molecule has 6 nitrogen and oxygen atoms in total. The number of nitrogens with one attached hydrogen (secondary N) is 1. The standard InChI is InChI=1S/C15H10Cl2FN5O/c16-10-4-5-13(12(17)7-10)19-14(24)8-23-21-15(20-22-23)9-2-1-3-11(18)6-9/h1-7H,8H2,(H,19,24). The Labute approximate surface area is 146 Å². The van der Waals surface area contributed by atoms with Gasteiger partial charge in [0, 0.05) is 10.6 Å². The van der Waals surface area contributed by atoms with Gasteiger partial charge in [0.1, 0.15) is 12.4 Å². The molecule has 3 aromatic rings. The van der Waals surface area contributed by atoms with Crippen LogP contribution in [0.4, 0.5) is 10.1 Å². The number of benzene rings is 2. The Morgan fingerprint density at radius 3 is 2.79 bits per heavy atom. The Morgan fingerprint density at radius 1 is 1.21 bits per heavy atom. The van der Waals surface area contributed by atoms with Crippen LogP contribution >= 0.6 is 23.2 Å². The second-order valence-electron chi connectivity index (χ2n) is 4.83. The van der Waals surface area contributed by atoms with Crippen LogP contribution in [0.15, 0.2) is 42.5 Å². The Hall–Kier alpha value is -2.51. The Bertz CT molecular complexity index is 899. The van der Waals surface area contributed by atoms with E-state index in [4.69, 9.17) is 23.2 Å². The number of nitrogens with zero attached hydrogens (tertiary/aromatic N) is 4. The van der Waals surface area contributed by atoms with Gasteiger partial charge in [-0.25, -0.2) is 4.39 Å². The molecule has 0 spiro atoms. The summed E-state index contributed by atoms with van der Waals surface area (Å²) >= 11 is 11.8. The highest BCUT2D eigenvalue weighted by molar-refractivity contribution is 6.36. The number of tetrazole rings is 1. The average Bonchev–Trinajstić information content (AvgIpc) is 2.98. The van der Waals surface area contributed by atoms with Crippen LogP contribution in [0.3, 0.4) is 0 Å². The lowest BCUT2D eigenvalue weighted by Crippen LogP contribution is -2.20. The Kier molecular flexibility index (Phi) is 4.73. The first-order valence-electron chi connectivity index (χ1n) is 6.80. The molecule has 9 heteroatoms. The number of hydrogen-bond donors (Lipinski definition) is 1. The van der Waals surface area contributed by atoms with E-state index in [1.165, 1.54) is 18.2 Å². The van der Waals surface area contributed by atoms with Crippen molar-refractivity contribution in [1.82, 2.24) is 20.2 Å². The molecule has 0 aliphatic heterocycles. The van der Waals surface area contributed by atoms with E-state index < -0.39 is 5.82 Å². The van der Waals surface area contributed by atoms with E-state index in [9.17, 15) is 9.18 Å². The third-order valence-corrected chi connectivity index (χ3v) is 3.57. The molecule has 0 fully saturated rings. The monoisotopic (exact) mass is 365 g/mol. The molecular formula is C15H10Cl2FN5O. The Morgan fingerprint density at radius 2 is 2.04 bits per heavy atom. The van der Waals surface area contributed by atoms with Crippen LogP contribution in [0.25, 0.3) is 11.4 Å². The minimum atomic E-state index is -0.404. The largest absolute Gasteiger partial charge is 0.323 e. The van der Waals surface area contributed by atoms with Crippen LogP contribution in [0.2, 0.25) is 10.0 Å². The zero-order valence-corrected chi connectivity index (χ0v) is 13.6. The summed E-state index contributed by atoms with van der Waals surface area (Å²) in [6.07, 6.45) is 0. The Balaban J connectivity index is 1.69. The molecule has 122 valence electrons. The molecule has 0 aliphatic carbocycles. The molecule has 1 aromatic heterocycles. The van der Waals surface area contributed by atoms with E-state index >= 15 is 0 Å². The highest BCUT2D eigenvalue weighted by Crippen LogP contribution is 2.25. The maximum atomic E-state index is 13.2. The van der Waals surface area contributed by atoms with Crippen LogP contribution < -0.4 is 5.32 Å². The quantitative estimate of drug-likeness (QED) is 0.768. The van der Waals surface area contributed by atoms with E-state index in [1.807, 2.05) is 0 Å². The summed E-state index contributed by atoms with van der Waals surface area (Å²) < 4.78 is 13.2. The van der Waals surface area contributed by atoms with Gasteiger partial charge in [0.05, 0.1) is 10.7 Å². The summed E-state index contributed by atoms with van der Waals surface area (Å²) in [6.45, 7) is -0.165. The highest BCUT2D eigenvalue weighted by Gasteiger charge is 2.11. The topological polar surface area (TPSA) is 72.7 Å². The molecule has 0 aliphatic rings. The van der Waals surface area contributed by atoms with E-state index in [2.05, 4.69) is 20.7 Å². The molecule has 0 unspecified atom stereocenters. The molecule has 1 heterocycles. The normalized spacial score (nSPS) is 10.6. The van der Waals surface area contributed by atoms with Crippen LogP contribution in [0.5, 0.6) is 0 Å². The number of carbonyl (C=O) groups is 1. The molecular weight excluding hydrogens is 356 g/mol. The number of amides is 1. The van der Waals surface area contributed by atoms with Crippen LogP contribution in [0, 0.1) is 5.82 Å². The van der Waals surface area contributed by atoms with Gasteiger partial charge in [-0.15, -0.1) is 10.2 Å². The average molecular weight is 366 g/mol. The fourth-order valence-corrected chi connectivity index (χ4v) is 2.42. The fourth-order valence-electron chi connectivity index (χ4n) is 1.96. The van der Waals surface area contributed by atoms with Crippen molar-refractivity contribution in [2.75, 3.05) is 5.32 Å². The SMILES string of the molecule is O=C(Cn1nnc(-c2cccc(F)c2)n1)Nc1ccc(Cl)cc1Cl. The molecule has 2 aromatic carbocycles. The van der Waals surface area contributed by atoms with Crippen LogP contribution in [-0.2, 0) is 11.3 Å². The first-order chi connectivity index (χ1) is 11.5. The highest BCUT2D eigenvalue weighted by atomic mass is 35.5. The molecule has 0 atom stereocenters. The van der Waals surface area contributed by atoms with Gasteiger partial charge in [-0.3, -0.25) is 4.79 Å². The molecule has 0 bridgehead atoms. The lowest BCUT2D eigenvalue weighted by molar-refractivity contribution is -0.117. The van der Waals surface area contributed by atoms with Gasteiger partial charge in [0.25, 0.3) is 0 Å². The summed E-state index contributed by atoms with van der Waals surface area (Å²) in [5, 5.41) is 15.1. The smallest absolute Gasteiger partial charge is 0.248 e. The van der Waals surface area contributed by atoms with E-state index in [-0.39, 0.29) is 18.3 Å². The minimum absolute atomic E-state index is 0.165. The van der Waals surface area contributed by atoms with E-state index in [0.29, 0.717) is 21.3 Å². The van der Waals surface area contributed by atoms with Gasteiger partial charge < -0.3 is 5.32 Å².